The van der Waals surface area contributed by atoms with E-state index in [1.165, 1.54) is 134 Å². The Balaban J connectivity index is 1.80. The number of rotatable bonds is 42. The van der Waals surface area contributed by atoms with Gasteiger partial charge in [-0.3, -0.25) is 23.2 Å². The van der Waals surface area contributed by atoms with Crippen molar-refractivity contribution in [2.75, 3.05) is 25.6 Å². The van der Waals surface area contributed by atoms with Crippen LogP contribution in [0, 0.1) is 0 Å². The summed E-state index contributed by atoms with van der Waals surface area (Å²) in [6.45, 7) is 2.18. The number of phosphoric acid groups is 2. The second kappa shape index (κ2) is 35.8. The Kier molecular flexibility index (Phi) is 32.5. The molecule has 1 aromatic heterocycles. The fourth-order valence-electron chi connectivity index (χ4n) is 7.79. The number of esters is 2. The van der Waals surface area contributed by atoms with Gasteiger partial charge in [-0.05, 0) is 18.9 Å². The number of nitrogen functional groups attached to an aromatic ring is 1. The van der Waals surface area contributed by atoms with E-state index in [9.17, 15) is 43.5 Å². The lowest BCUT2D eigenvalue weighted by molar-refractivity contribution is -0.161. The molecular formula is C46H85N3O15P2. The fraction of sp³-hybridized carbons (Fsp3) is 0.870. The molecule has 0 bridgehead atoms. The Morgan fingerprint density at radius 1 is 0.667 bits per heavy atom. The van der Waals surface area contributed by atoms with Crippen molar-refractivity contribution in [2.24, 2.45) is 0 Å². The van der Waals surface area contributed by atoms with Gasteiger partial charge < -0.3 is 39.9 Å². The summed E-state index contributed by atoms with van der Waals surface area (Å²) in [6, 6.07) is 1.25. The highest BCUT2D eigenvalue weighted by molar-refractivity contribution is 7.61. The van der Waals surface area contributed by atoms with E-state index in [0.717, 1.165) is 49.5 Å². The van der Waals surface area contributed by atoms with Gasteiger partial charge in [0.1, 0.15) is 30.7 Å². The van der Waals surface area contributed by atoms with Gasteiger partial charge in [0.05, 0.1) is 13.2 Å². The SMILES string of the molecule is CCCCCCCCCCCCCCCCCC(=O)OCC(COP(=O)(O)OP(=O)(O)OCC1OC(n2ccc(N)nc2=O)C(O)C1O)OC(=O)CCCCCCCCCCCCCCC. The number of hydrogen-bond acceptors (Lipinski definition) is 15. The van der Waals surface area contributed by atoms with Crippen molar-refractivity contribution in [3.8, 4) is 0 Å². The van der Waals surface area contributed by atoms with Crippen LogP contribution in [0.1, 0.15) is 213 Å². The second-order valence-electron chi connectivity index (χ2n) is 17.7. The molecule has 2 rings (SSSR count). The number of carbonyl (C=O) groups is 2. The summed E-state index contributed by atoms with van der Waals surface area (Å²) in [5.74, 6) is -1.28. The summed E-state index contributed by atoms with van der Waals surface area (Å²) in [5, 5.41) is 20.9. The molecule has 7 unspecified atom stereocenters. The smallest absolute Gasteiger partial charge is 0.462 e. The van der Waals surface area contributed by atoms with E-state index >= 15 is 0 Å². The fourth-order valence-corrected chi connectivity index (χ4v) is 9.90. The number of nitrogens with two attached hydrogens (primary N) is 1. The first-order valence-electron chi connectivity index (χ1n) is 25.0. The van der Waals surface area contributed by atoms with Crippen LogP contribution in [0.25, 0.3) is 0 Å². The van der Waals surface area contributed by atoms with Crippen LogP contribution in [-0.2, 0) is 46.3 Å². The zero-order chi connectivity index (χ0) is 48.5. The Hall–Kier alpha value is -2.24. The third-order valence-electron chi connectivity index (χ3n) is 11.7. The maximum absolute atomic E-state index is 12.8. The molecule has 20 heteroatoms. The van der Waals surface area contributed by atoms with Crippen LogP contribution in [-0.4, -0.2) is 85.7 Å². The van der Waals surface area contributed by atoms with Gasteiger partial charge >= 0.3 is 33.3 Å². The van der Waals surface area contributed by atoms with Crippen molar-refractivity contribution in [1.29, 1.82) is 0 Å². The van der Waals surface area contributed by atoms with Crippen molar-refractivity contribution >= 4 is 33.4 Å². The molecule has 2 heterocycles. The molecule has 0 aromatic carbocycles. The lowest BCUT2D eigenvalue weighted by atomic mass is 10.0. The lowest BCUT2D eigenvalue weighted by Crippen LogP contribution is -2.36. The molecule has 0 aliphatic carbocycles. The van der Waals surface area contributed by atoms with Gasteiger partial charge in [-0.2, -0.15) is 9.29 Å². The van der Waals surface area contributed by atoms with E-state index in [-0.39, 0.29) is 18.7 Å². The van der Waals surface area contributed by atoms with Crippen LogP contribution in [0.2, 0.25) is 0 Å². The van der Waals surface area contributed by atoms with Gasteiger partial charge in [0.2, 0.25) is 0 Å². The molecule has 7 atom stereocenters. The molecule has 1 aromatic rings. The average molecular weight is 982 g/mol. The van der Waals surface area contributed by atoms with Gasteiger partial charge in [-0.25, -0.2) is 13.9 Å². The molecule has 1 aliphatic heterocycles. The molecule has 66 heavy (non-hydrogen) atoms. The third kappa shape index (κ3) is 28.3. The minimum atomic E-state index is -5.41. The predicted octanol–water partition coefficient (Wildman–Crippen LogP) is 9.89. The average Bonchev–Trinajstić information content (AvgIpc) is 3.55. The summed E-state index contributed by atoms with van der Waals surface area (Å²) >= 11 is 0. The summed E-state index contributed by atoms with van der Waals surface area (Å²) < 4.78 is 56.7. The van der Waals surface area contributed by atoms with Crippen LogP contribution >= 0.6 is 15.6 Å². The number of phosphoric ester groups is 2. The molecule has 0 saturated carbocycles. The van der Waals surface area contributed by atoms with Crippen molar-refractivity contribution in [3.63, 3.8) is 0 Å². The lowest BCUT2D eigenvalue weighted by Gasteiger charge is -2.21. The number of carbonyl (C=O) groups excluding carboxylic acids is 2. The molecular weight excluding hydrogens is 896 g/mol. The normalized spacial score (nSPS) is 19.6. The van der Waals surface area contributed by atoms with Crippen LogP contribution < -0.4 is 11.4 Å². The van der Waals surface area contributed by atoms with E-state index in [1.54, 1.807) is 0 Å². The van der Waals surface area contributed by atoms with Gasteiger partial charge in [0.25, 0.3) is 0 Å². The monoisotopic (exact) mass is 982 g/mol. The zero-order valence-corrected chi connectivity index (χ0v) is 41.8. The van der Waals surface area contributed by atoms with Crippen molar-refractivity contribution < 1.29 is 66.3 Å². The van der Waals surface area contributed by atoms with Gasteiger partial charge in [-0.1, -0.05) is 181 Å². The van der Waals surface area contributed by atoms with E-state index in [2.05, 4.69) is 23.1 Å². The number of ether oxygens (including phenoxy) is 3. The molecule has 6 N–H and O–H groups in total. The maximum Gasteiger partial charge on any atom is 0.481 e. The van der Waals surface area contributed by atoms with Crippen LogP contribution in [0.5, 0.6) is 0 Å². The van der Waals surface area contributed by atoms with Crippen LogP contribution in [0.3, 0.4) is 0 Å². The Labute approximate surface area is 393 Å². The van der Waals surface area contributed by atoms with Gasteiger partial charge in [-0.15, -0.1) is 0 Å². The summed E-state index contributed by atoms with van der Waals surface area (Å²) in [6.07, 6.45) is 26.1. The van der Waals surface area contributed by atoms with E-state index in [4.69, 9.17) is 29.0 Å². The quantitative estimate of drug-likeness (QED) is 0.0232. The second-order valence-corrected chi connectivity index (χ2v) is 20.7. The molecule has 0 amide bonds. The highest BCUT2D eigenvalue weighted by Crippen LogP contribution is 2.60. The molecule has 1 fully saturated rings. The largest absolute Gasteiger partial charge is 0.481 e. The maximum atomic E-state index is 12.8. The Bertz CT molecular complexity index is 1600. The minimum Gasteiger partial charge on any atom is -0.462 e. The molecule has 1 saturated heterocycles. The van der Waals surface area contributed by atoms with Crippen LogP contribution in [0.15, 0.2) is 17.1 Å². The highest BCUT2D eigenvalue weighted by Gasteiger charge is 2.46. The number of anilines is 1. The first kappa shape index (κ1) is 59.9. The number of nitrogens with zero attached hydrogens (tertiary/aromatic N) is 2. The number of hydrogen-bond donors (Lipinski definition) is 5. The summed E-state index contributed by atoms with van der Waals surface area (Å²) in [5.41, 5.74) is 4.59. The number of aliphatic hydroxyl groups is 2. The first-order chi connectivity index (χ1) is 31.7. The van der Waals surface area contributed by atoms with E-state index in [0.29, 0.717) is 12.8 Å². The zero-order valence-electron chi connectivity index (χ0n) is 40.0. The molecule has 0 spiro atoms. The topological polar surface area (TPSA) is 265 Å². The number of aliphatic hydroxyl groups excluding tert-OH is 2. The summed E-state index contributed by atoms with van der Waals surface area (Å²) in [4.78, 5) is 61.8. The van der Waals surface area contributed by atoms with Crippen molar-refractivity contribution in [1.82, 2.24) is 9.55 Å². The Morgan fingerprint density at radius 3 is 1.55 bits per heavy atom. The van der Waals surface area contributed by atoms with E-state index < -0.39 is 83.7 Å². The van der Waals surface area contributed by atoms with E-state index in [1.807, 2.05) is 0 Å². The first-order valence-corrected chi connectivity index (χ1v) is 28.0. The van der Waals surface area contributed by atoms with Crippen LogP contribution in [0.4, 0.5) is 5.82 Å². The molecule has 0 radical (unpaired) electrons. The number of unbranched alkanes of at least 4 members (excludes halogenated alkanes) is 26. The standard InChI is InChI=1S/C46H85N3O15P2/c1-3-5-7-9-11-13-15-17-18-20-21-23-25-27-29-31-41(50)59-35-38(62-42(51)32-30-28-26-24-22-19-16-14-12-10-8-6-4-2)36-60-65(55,56)64-66(57,58)61-37-39-43(52)44(53)45(63-39)49-34-33-40(47)48-46(49)54/h33-34,38-39,43-45,52-53H,3-32,35-37H2,1-2H3,(H,55,56)(H,57,58)(H2,47,48,54). The highest BCUT2D eigenvalue weighted by atomic mass is 31.3. The van der Waals surface area contributed by atoms with Gasteiger partial charge in [0.15, 0.2) is 12.3 Å². The molecule has 18 nitrogen and oxygen atoms in total. The number of aromatic nitrogens is 2. The molecule has 384 valence electrons. The van der Waals surface area contributed by atoms with Crippen molar-refractivity contribution in [3.05, 3.63) is 22.7 Å². The minimum absolute atomic E-state index is 0.0580. The van der Waals surface area contributed by atoms with Crippen molar-refractivity contribution in [2.45, 2.75) is 237 Å². The van der Waals surface area contributed by atoms with Gasteiger partial charge in [0, 0.05) is 19.0 Å². The predicted molar refractivity (Wildman–Crippen MR) is 252 cm³/mol. The molecule has 1 aliphatic rings. The Morgan fingerprint density at radius 2 is 1.09 bits per heavy atom. The third-order valence-corrected chi connectivity index (χ3v) is 14.3. The summed E-state index contributed by atoms with van der Waals surface area (Å²) in [7, 11) is -10.8.